The Labute approximate surface area is 139 Å². The SMILES string of the molecule is COc1ccccc1-c1nnc(Nc2nc3ccc(F)cc3s2)o1. The van der Waals surface area contributed by atoms with E-state index in [0.717, 1.165) is 4.70 Å². The van der Waals surface area contributed by atoms with E-state index in [1.807, 2.05) is 24.3 Å². The molecule has 0 aliphatic rings. The molecule has 0 aliphatic heterocycles. The summed E-state index contributed by atoms with van der Waals surface area (Å²) in [5, 5.41) is 11.5. The zero-order chi connectivity index (χ0) is 16.5. The zero-order valence-corrected chi connectivity index (χ0v) is 13.3. The summed E-state index contributed by atoms with van der Waals surface area (Å²) in [7, 11) is 1.58. The number of hydrogen-bond donors (Lipinski definition) is 1. The molecule has 4 aromatic rings. The highest BCUT2D eigenvalue weighted by Gasteiger charge is 2.14. The molecule has 2 aromatic heterocycles. The lowest BCUT2D eigenvalue weighted by atomic mass is 10.2. The van der Waals surface area contributed by atoms with Crippen LogP contribution in [0.4, 0.5) is 15.5 Å². The van der Waals surface area contributed by atoms with E-state index >= 15 is 0 Å². The van der Waals surface area contributed by atoms with E-state index in [1.165, 1.54) is 23.5 Å². The van der Waals surface area contributed by atoms with Crippen LogP contribution in [0.25, 0.3) is 21.7 Å². The first-order valence-electron chi connectivity index (χ1n) is 7.03. The van der Waals surface area contributed by atoms with Crippen molar-refractivity contribution in [1.29, 1.82) is 0 Å². The number of thiazole rings is 1. The van der Waals surface area contributed by atoms with Crippen molar-refractivity contribution in [2.45, 2.75) is 0 Å². The summed E-state index contributed by atoms with van der Waals surface area (Å²) in [5.74, 6) is 0.680. The lowest BCUT2D eigenvalue weighted by Gasteiger charge is -2.03. The van der Waals surface area contributed by atoms with Crippen LogP contribution in [0.5, 0.6) is 5.75 Å². The van der Waals surface area contributed by atoms with Gasteiger partial charge >= 0.3 is 6.01 Å². The molecule has 4 rings (SSSR count). The molecule has 120 valence electrons. The third-order valence-corrected chi connectivity index (χ3v) is 4.26. The predicted octanol–water partition coefficient (Wildman–Crippen LogP) is 4.24. The summed E-state index contributed by atoms with van der Waals surface area (Å²) < 4.78 is 24.9. The first-order chi connectivity index (χ1) is 11.7. The number of anilines is 2. The number of ether oxygens (including phenoxy) is 1. The van der Waals surface area contributed by atoms with Crippen LogP contribution in [0, 0.1) is 5.82 Å². The Hall–Kier alpha value is -3.00. The summed E-state index contributed by atoms with van der Waals surface area (Å²) in [6, 6.07) is 12.0. The van der Waals surface area contributed by atoms with E-state index in [0.29, 0.717) is 27.9 Å². The Kier molecular flexibility index (Phi) is 3.58. The summed E-state index contributed by atoms with van der Waals surface area (Å²) in [6.45, 7) is 0. The van der Waals surface area contributed by atoms with Gasteiger partial charge in [-0.25, -0.2) is 9.37 Å². The van der Waals surface area contributed by atoms with Gasteiger partial charge in [-0.05, 0) is 30.3 Å². The second-order valence-electron chi connectivity index (χ2n) is 4.87. The smallest absolute Gasteiger partial charge is 0.322 e. The molecule has 2 heterocycles. The number of halogens is 1. The maximum Gasteiger partial charge on any atom is 0.322 e. The molecule has 8 heteroatoms. The van der Waals surface area contributed by atoms with Gasteiger partial charge in [-0.3, -0.25) is 5.32 Å². The van der Waals surface area contributed by atoms with Crippen LogP contribution in [0.2, 0.25) is 0 Å². The van der Waals surface area contributed by atoms with Crippen molar-refractivity contribution in [3.63, 3.8) is 0 Å². The molecule has 0 amide bonds. The van der Waals surface area contributed by atoms with Crippen LogP contribution in [0.3, 0.4) is 0 Å². The van der Waals surface area contributed by atoms with Gasteiger partial charge in [0.2, 0.25) is 0 Å². The van der Waals surface area contributed by atoms with Gasteiger partial charge in [0.15, 0.2) is 5.13 Å². The van der Waals surface area contributed by atoms with Crippen molar-refractivity contribution in [1.82, 2.24) is 15.2 Å². The standard InChI is InChI=1S/C16H11FN4O2S/c1-22-12-5-3-2-4-10(12)14-20-21-15(23-14)19-16-18-11-7-6-9(17)8-13(11)24-16/h2-8H,1H3,(H,18,19,21). The predicted molar refractivity (Wildman–Crippen MR) is 89.1 cm³/mol. The van der Waals surface area contributed by atoms with E-state index in [9.17, 15) is 4.39 Å². The summed E-state index contributed by atoms with van der Waals surface area (Å²) >= 11 is 1.30. The quantitative estimate of drug-likeness (QED) is 0.598. The fourth-order valence-corrected chi connectivity index (χ4v) is 3.13. The number of para-hydroxylation sites is 1. The number of aromatic nitrogens is 3. The molecule has 0 saturated heterocycles. The molecule has 0 radical (unpaired) electrons. The fraction of sp³-hybridized carbons (Fsp3) is 0.0625. The van der Waals surface area contributed by atoms with E-state index in [4.69, 9.17) is 9.15 Å². The molecule has 0 atom stereocenters. The van der Waals surface area contributed by atoms with Crippen molar-refractivity contribution in [3.8, 4) is 17.2 Å². The number of hydrogen-bond acceptors (Lipinski definition) is 7. The maximum atomic E-state index is 13.2. The summed E-state index contributed by atoms with van der Waals surface area (Å²) in [6.07, 6.45) is 0. The maximum absolute atomic E-state index is 13.2. The molecule has 0 bridgehead atoms. The monoisotopic (exact) mass is 342 g/mol. The average Bonchev–Trinajstić information content (AvgIpc) is 3.21. The van der Waals surface area contributed by atoms with Crippen molar-refractivity contribution < 1.29 is 13.5 Å². The van der Waals surface area contributed by atoms with Crippen LogP contribution in [0.15, 0.2) is 46.9 Å². The van der Waals surface area contributed by atoms with Crippen molar-refractivity contribution >= 4 is 32.7 Å². The first-order valence-corrected chi connectivity index (χ1v) is 7.84. The van der Waals surface area contributed by atoms with Crippen LogP contribution < -0.4 is 10.1 Å². The Morgan fingerprint density at radius 3 is 2.92 bits per heavy atom. The minimum atomic E-state index is -0.297. The molecule has 0 spiro atoms. The fourth-order valence-electron chi connectivity index (χ4n) is 2.25. The minimum Gasteiger partial charge on any atom is -0.496 e. The van der Waals surface area contributed by atoms with Crippen LogP contribution in [0.1, 0.15) is 0 Å². The number of methoxy groups -OCH3 is 1. The van der Waals surface area contributed by atoms with Crippen LogP contribution >= 0.6 is 11.3 Å². The Morgan fingerprint density at radius 1 is 1.17 bits per heavy atom. The number of nitrogens with zero attached hydrogens (tertiary/aromatic N) is 3. The first kappa shape index (κ1) is 14.6. The molecule has 0 unspecified atom stereocenters. The number of nitrogens with one attached hydrogen (secondary N) is 1. The van der Waals surface area contributed by atoms with Crippen LogP contribution in [-0.4, -0.2) is 22.3 Å². The molecule has 1 N–H and O–H groups in total. The van der Waals surface area contributed by atoms with Gasteiger partial charge in [-0.15, -0.1) is 5.10 Å². The summed E-state index contributed by atoms with van der Waals surface area (Å²) in [5.41, 5.74) is 1.40. The molecule has 0 aliphatic carbocycles. The molecule has 2 aromatic carbocycles. The average molecular weight is 342 g/mol. The second kappa shape index (κ2) is 5.89. The highest BCUT2D eigenvalue weighted by molar-refractivity contribution is 7.22. The van der Waals surface area contributed by atoms with Gasteiger partial charge in [0.05, 0.1) is 22.9 Å². The Bertz CT molecular complexity index is 1010. The minimum absolute atomic E-state index is 0.204. The normalized spacial score (nSPS) is 10.9. The molecule has 24 heavy (non-hydrogen) atoms. The van der Waals surface area contributed by atoms with E-state index < -0.39 is 0 Å². The number of benzene rings is 2. The lowest BCUT2D eigenvalue weighted by molar-refractivity contribution is 0.414. The van der Waals surface area contributed by atoms with E-state index in [2.05, 4.69) is 20.5 Å². The third-order valence-electron chi connectivity index (χ3n) is 3.33. The topological polar surface area (TPSA) is 73.1 Å². The highest BCUT2D eigenvalue weighted by atomic mass is 32.1. The van der Waals surface area contributed by atoms with E-state index in [1.54, 1.807) is 13.2 Å². The van der Waals surface area contributed by atoms with Gasteiger partial charge in [0.25, 0.3) is 5.89 Å². The number of fused-ring (bicyclic) bond motifs is 1. The largest absolute Gasteiger partial charge is 0.496 e. The van der Waals surface area contributed by atoms with Crippen molar-refractivity contribution in [2.75, 3.05) is 12.4 Å². The van der Waals surface area contributed by atoms with Crippen LogP contribution in [-0.2, 0) is 0 Å². The van der Waals surface area contributed by atoms with Gasteiger partial charge in [0, 0.05) is 0 Å². The Balaban J connectivity index is 1.62. The van der Waals surface area contributed by atoms with E-state index in [-0.39, 0.29) is 11.8 Å². The van der Waals surface area contributed by atoms with Crippen molar-refractivity contribution in [3.05, 3.63) is 48.3 Å². The highest BCUT2D eigenvalue weighted by Crippen LogP contribution is 2.32. The number of rotatable bonds is 4. The second-order valence-corrected chi connectivity index (χ2v) is 5.90. The summed E-state index contributed by atoms with van der Waals surface area (Å²) in [4.78, 5) is 4.35. The molecular weight excluding hydrogens is 331 g/mol. The van der Waals surface area contributed by atoms with Gasteiger partial charge in [0.1, 0.15) is 11.6 Å². The Morgan fingerprint density at radius 2 is 2.04 bits per heavy atom. The molecule has 0 fully saturated rings. The lowest BCUT2D eigenvalue weighted by Crippen LogP contribution is -1.88. The van der Waals surface area contributed by atoms with Gasteiger partial charge in [-0.1, -0.05) is 28.6 Å². The van der Waals surface area contributed by atoms with Crippen molar-refractivity contribution in [2.24, 2.45) is 0 Å². The van der Waals surface area contributed by atoms with Gasteiger partial charge in [-0.2, -0.15) is 0 Å². The molecule has 0 saturated carbocycles. The third kappa shape index (κ3) is 2.67. The molecule has 6 nitrogen and oxygen atoms in total. The molecular formula is C16H11FN4O2S. The van der Waals surface area contributed by atoms with Gasteiger partial charge < -0.3 is 9.15 Å². The zero-order valence-electron chi connectivity index (χ0n) is 12.5.